The fourth-order valence-electron chi connectivity index (χ4n) is 6.61. The highest BCUT2D eigenvalue weighted by Crippen LogP contribution is 2.66. The number of aliphatic hydroxyl groups excluding tert-OH is 1. The summed E-state index contributed by atoms with van der Waals surface area (Å²) in [6.45, 7) is 13.3. The van der Waals surface area contributed by atoms with Gasteiger partial charge >= 0.3 is 0 Å². The van der Waals surface area contributed by atoms with E-state index in [1.54, 1.807) is 0 Å². The van der Waals surface area contributed by atoms with Gasteiger partial charge in [0, 0.05) is 0 Å². The van der Waals surface area contributed by atoms with Crippen LogP contribution < -0.4 is 0 Å². The normalized spacial score (nSPS) is 54.2. The maximum atomic E-state index is 11.5. The molecule has 0 aromatic rings. The van der Waals surface area contributed by atoms with Gasteiger partial charge in [-0.15, -0.1) is 6.58 Å². The van der Waals surface area contributed by atoms with Crippen molar-refractivity contribution < 1.29 is 10.2 Å². The van der Waals surface area contributed by atoms with Crippen molar-refractivity contribution >= 4 is 0 Å². The first kappa shape index (κ1) is 16.5. The number of allylic oxidation sites excluding steroid dienone is 1. The molecule has 0 aliphatic heterocycles. The van der Waals surface area contributed by atoms with Gasteiger partial charge in [-0.25, -0.2) is 0 Å². The van der Waals surface area contributed by atoms with E-state index in [0.29, 0.717) is 12.3 Å². The van der Waals surface area contributed by atoms with Gasteiger partial charge < -0.3 is 10.2 Å². The zero-order valence-electron chi connectivity index (χ0n) is 14.9. The van der Waals surface area contributed by atoms with Gasteiger partial charge in [0.25, 0.3) is 0 Å². The predicted molar refractivity (Wildman–Crippen MR) is 90.4 cm³/mol. The number of fused-ring (bicyclic) bond motifs is 3. The van der Waals surface area contributed by atoms with Crippen LogP contribution in [0, 0.1) is 28.1 Å². The quantitative estimate of drug-likeness (QED) is 0.709. The van der Waals surface area contributed by atoms with Gasteiger partial charge in [-0.3, -0.25) is 0 Å². The number of aliphatic hydroxyl groups is 2. The van der Waals surface area contributed by atoms with Crippen molar-refractivity contribution in [1.29, 1.82) is 0 Å². The summed E-state index contributed by atoms with van der Waals surface area (Å²) in [5, 5.41) is 22.4. The van der Waals surface area contributed by atoms with Crippen molar-refractivity contribution in [2.45, 2.75) is 84.3 Å². The third-order valence-corrected chi connectivity index (χ3v) is 7.90. The van der Waals surface area contributed by atoms with Crippen LogP contribution in [0.1, 0.15) is 72.6 Å². The van der Waals surface area contributed by atoms with Crippen molar-refractivity contribution in [1.82, 2.24) is 0 Å². The Bertz CT molecular complexity index is 470. The molecule has 6 unspecified atom stereocenters. The van der Waals surface area contributed by atoms with Crippen LogP contribution in [-0.2, 0) is 0 Å². The van der Waals surface area contributed by atoms with E-state index >= 15 is 0 Å². The van der Waals surface area contributed by atoms with Gasteiger partial charge in [0.1, 0.15) is 0 Å². The van der Waals surface area contributed by atoms with E-state index in [4.69, 9.17) is 0 Å². The second-order valence-electron chi connectivity index (χ2n) is 9.77. The van der Waals surface area contributed by atoms with Gasteiger partial charge in [-0.2, -0.15) is 0 Å². The maximum absolute atomic E-state index is 11.5. The first-order chi connectivity index (χ1) is 10.1. The van der Waals surface area contributed by atoms with Crippen LogP contribution in [-0.4, -0.2) is 21.9 Å². The molecule has 0 aromatic carbocycles. The fourth-order valence-corrected chi connectivity index (χ4v) is 6.61. The standard InChI is InChI=1S/C20H34O2/c1-6-18(4)11-8-14-19(5)10-7-9-17(2,3)15(19)12-16(21)20(14,22)13-18/h6,14-16,21-22H,1,7-13H2,2-5H3. The van der Waals surface area contributed by atoms with E-state index in [1.165, 1.54) is 19.3 Å². The van der Waals surface area contributed by atoms with E-state index < -0.39 is 11.7 Å². The van der Waals surface area contributed by atoms with Gasteiger partial charge in [0.15, 0.2) is 0 Å². The Morgan fingerprint density at radius 3 is 2.36 bits per heavy atom. The van der Waals surface area contributed by atoms with Crippen LogP contribution in [0.25, 0.3) is 0 Å². The Morgan fingerprint density at radius 1 is 1.05 bits per heavy atom. The number of hydrogen-bond donors (Lipinski definition) is 2. The SMILES string of the molecule is C=CC1(C)CCC2C3(C)CCCC(C)(C)C3CC(O)C2(O)C1. The molecule has 3 aliphatic carbocycles. The van der Waals surface area contributed by atoms with Crippen LogP contribution in [0.2, 0.25) is 0 Å². The van der Waals surface area contributed by atoms with Gasteiger partial charge in [-0.05, 0) is 66.6 Å². The van der Waals surface area contributed by atoms with Gasteiger partial charge in [0.2, 0.25) is 0 Å². The molecule has 0 heterocycles. The molecule has 3 fully saturated rings. The van der Waals surface area contributed by atoms with Crippen LogP contribution in [0.15, 0.2) is 12.7 Å². The Balaban J connectivity index is 2.01. The van der Waals surface area contributed by atoms with Crippen LogP contribution in [0.5, 0.6) is 0 Å². The van der Waals surface area contributed by atoms with E-state index in [1.807, 2.05) is 6.08 Å². The number of rotatable bonds is 1. The lowest BCUT2D eigenvalue weighted by Gasteiger charge is -2.66. The minimum absolute atomic E-state index is 0.0421. The second-order valence-corrected chi connectivity index (χ2v) is 9.77. The summed E-state index contributed by atoms with van der Waals surface area (Å²) in [7, 11) is 0. The monoisotopic (exact) mass is 306 g/mol. The molecule has 0 spiro atoms. The summed E-state index contributed by atoms with van der Waals surface area (Å²) in [6, 6.07) is 0. The summed E-state index contributed by atoms with van der Waals surface area (Å²) < 4.78 is 0. The molecule has 6 atom stereocenters. The fraction of sp³-hybridized carbons (Fsp3) is 0.900. The first-order valence-electron chi connectivity index (χ1n) is 9.11. The molecule has 2 heteroatoms. The zero-order chi connectivity index (χ0) is 16.4. The molecule has 0 amide bonds. The molecule has 0 aromatic heterocycles. The minimum Gasteiger partial charge on any atom is -0.390 e. The highest BCUT2D eigenvalue weighted by Gasteiger charge is 2.64. The molecule has 3 rings (SSSR count). The lowest BCUT2D eigenvalue weighted by atomic mass is 9.41. The number of hydrogen-bond acceptors (Lipinski definition) is 2. The Labute approximate surface area is 136 Å². The molecule has 0 saturated heterocycles. The molecule has 2 nitrogen and oxygen atoms in total. The smallest absolute Gasteiger partial charge is 0.0946 e. The lowest BCUT2D eigenvalue weighted by Crippen LogP contribution is -2.67. The van der Waals surface area contributed by atoms with E-state index in [2.05, 4.69) is 34.3 Å². The lowest BCUT2D eigenvalue weighted by molar-refractivity contribution is -0.250. The summed E-state index contributed by atoms with van der Waals surface area (Å²) in [4.78, 5) is 0. The summed E-state index contributed by atoms with van der Waals surface area (Å²) in [5.74, 6) is 0.739. The average Bonchev–Trinajstić information content (AvgIpc) is 2.41. The highest BCUT2D eigenvalue weighted by molar-refractivity contribution is 5.16. The highest BCUT2D eigenvalue weighted by atomic mass is 16.3. The molecule has 22 heavy (non-hydrogen) atoms. The zero-order valence-corrected chi connectivity index (χ0v) is 14.9. The van der Waals surface area contributed by atoms with Gasteiger partial charge in [-0.1, -0.05) is 40.2 Å². The van der Waals surface area contributed by atoms with Crippen molar-refractivity contribution in [3.63, 3.8) is 0 Å². The molecular formula is C20H34O2. The molecule has 3 aliphatic rings. The van der Waals surface area contributed by atoms with Crippen LogP contribution >= 0.6 is 0 Å². The third-order valence-electron chi connectivity index (χ3n) is 7.90. The molecule has 3 saturated carbocycles. The molecular weight excluding hydrogens is 272 g/mol. The Hall–Kier alpha value is -0.340. The molecule has 0 bridgehead atoms. The van der Waals surface area contributed by atoms with E-state index in [0.717, 1.165) is 19.3 Å². The van der Waals surface area contributed by atoms with Crippen LogP contribution in [0.3, 0.4) is 0 Å². The van der Waals surface area contributed by atoms with Crippen LogP contribution in [0.4, 0.5) is 0 Å². The Morgan fingerprint density at radius 2 is 1.73 bits per heavy atom. The first-order valence-corrected chi connectivity index (χ1v) is 9.11. The Kier molecular flexibility index (Phi) is 3.63. The molecule has 0 radical (unpaired) electrons. The summed E-state index contributed by atoms with van der Waals surface area (Å²) in [6.07, 6.45) is 8.61. The maximum Gasteiger partial charge on any atom is 0.0946 e. The molecule has 126 valence electrons. The predicted octanol–water partition coefficient (Wildman–Crippen LogP) is 4.31. The summed E-state index contributed by atoms with van der Waals surface area (Å²) >= 11 is 0. The van der Waals surface area contributed by atoms with Crippen molar-refractivity contribution in [3.05, 3.63) is 12.7 Å². The molecule has 2 N–H and O–H groups in total. The average molecular weight is 306 g/mol. The summed E-state index contributed by atoms with van der Waals surface area (Å²) in [5.41, 5.74) is -0.536. The second kappa shape index (κ2) is 4.83. The van der Waals surface area contributed by atoms with Gasteiger partial charge in [0.05, 0.1) is 11.7 Å². The van der Waals surface area contributed by atoms with Crippen molar-refractivity contribution in [3.8, 4) is 0 Å². The van der Waals surface area contributed by atoms with E-state index in [9.17, 15) is 10.2 Å². The largest absolute Gasteiger partial charge is 0.390 e. The van der Waals surface area contributed by atoms with Crippen molar-refractivity contribution in [2.24, 2.45) is 28.1 Å². The minimum atomic E-state index is -0.931. The van der Waals surface area contributed by atoms with Crippen molar-refractivity contribution in [2.75, 3.05) is 0 Å². The third kappa shape index (κ3) is 2.13. The van der Waals surface area contributed by atoms with E-state index in [-0.39, 0.29) is 22.2 Å². The topological polar surface area (TPSA) is 40.5 Å².